The fraction of sp³-hybridized carbons (Fsp3) is 0.895. The van der Waals surface area contributed by atoms with Crippen LogP contribution in [0, 0.1) is 11.8 Å². The van der Waals surface area contributed by atoms with Gasteiger partial charge in [-0.3, -0.25) is 4.99 Å². The lowest BCUT2D eigenvalue weighted by Gasteiger charge is -2.26. The Balaban J connectivity index is 0.00000676. The van der Waals surface area contributed by atoms with Gasteiger partial charge in [0.25, 0.3) is 0 Å². The Bertz CT molecular complexity index is 468. The molecule has 1 N–H and O–H groups in total. The van der Waals surface area contributed by atoms with Crippen molar-refractivity contribution in [3.8, 4) is 0 Å². The van der Waals surface area contributed by atoms with Crippen LogP contribution in [0.15, 0.2) is 4.99 Å². The number of nitrogens with zero attached hydrogens (tertiary/aromatic N) is 3. The van der Waals surface area contributed by atoms with E-state index < -0.39 is 5.60 Å². The smallest absolute Gasteiger partial charge is 0.410 e. The highest BCUT2D eigenvalue weighted by molar-refractivity contribution is 14.0. The van der Waals surface area contributed by atoms with E-state index in [-0.39, 0.29) is 36.0 Å². The summed E-state index contributed by atoms with van der Waals surface area (Å²) in [6, 6.07) is 0. The molecule has 0 bridgehead atoms. The van der Waals surface area contributed by atoms with Crippen LogP contribution >= 0.6 is 24.0 Å². The minimum atomic E-state index is -0.473. The van der Waals surface area contributed by atoms with Gasteiger partial charge in [-0.15, -0.1) is 24.0 Å². The summed E-state index contributed by atoms with van der Waals surface area (Å²) < 4.78 is 10.7. The summed E-state index contributed by atoms with van der Waals surface area (Å²) in [5.74, 6) is 1.77. The molecule has 7 nitrogen and oxygen atoms in total. The van der Waals surface area contributed by atoms with Crippen LogP contribution < -0.4 is 5.32 Å². The van der Waals surface area contributed by atoms with Crippen LogP contribution in [-0.2, 0) is 9.47 Å². The highest BCUT2D eigenvalue weighted by Crippen LogP contribution is 2.16. The van der Waals surface area contributed by atoms with Gasteiger partial charge in [0.2, 0.25) is 0 Å². The zero-order valence-electron chi connectivity index (χ0n) is 18.1. The highest BCUT2D eigenvalue weighted by Gasteiger charge is 2.25. The SMILES string of the molecule is CCNC(=NCC(C)CN(C)C(=O)OC(C)(C)C)N1CCC(COC)C1.I. The van der Waals surface area contributed by atoms with Crippen LogP contribution in [0.3, 0.4) is 0 Å². The molecule has 0 aliphatic carbocycles. The summed E-state index contributed by atoms with van der Waals surface area (Å²) in [6.45, 7) is 14.7. The van der Waals surface area contributed by atoms with Gasteiger partial charge in [0.05, 0.1) is 6.61 Å². The molecule has 0 aromatic carbocycles. The number of halogens is 1. The average Bonchev–Trinajstić information content (AvgIpc) is 2.98. The molecule has 0 saturated carbocycles. The van der Waals surface area contributed by atoms with E-state index in [0.29, 0.717) is 19.0 Å². The Morgan fingerprint density at radius 1 is 1.41 bits per heavy atom. The van der Waals surface area contributed by atoms with Crippen molar-refractivity contribution in [3.63, 3.8) is 0 Å². The van der Waals surface area contributed by atoms with Gasteiger partial charge in [0.1, 0.15) is 5.60 Å². The molecule has 1 amide bonds. The summed E-state index contributed by atoms with van der Waals surface area (Å²) >= 11 is 0. The van der Waals surface area contributed by atoms with E-state index in [1.54, 1.807) is 19.1 Å². The molecule has 0 aromatic heterocycles. The first-order valence-corrected chi connectivity index (χ1v) is 9.62. The largest absolute Gasteiger partial charge is 0.444 e. The summed E-state index contributed by atoms with van der Waals surface area (Å²) in [5, 5.41) is 3.38. The third-order valence-electron chi connectivity index (χ3n) is 4.17. The fourth-order valence-corrected chi connectivity index (χ4v) is 3.00. The Morgan fingerprint density at radius 3 is 2.63 bits per heavy atom. The van der Waals surface area contributed by atoms with Crippen molar-refractivity contribution in [2.75, 3.05) is 53.5 Å². The maximum Gasteiger partial charge on any atom is 0.410 e. The van der Waals surface area contributed by atoms with Gasteiger partial charge in [-0.1, -0.05) is 6.92 Å². The summed E-state index contributed by atoms with van der Waals surface area (Å²) in [5.41, 5.74) is -0.473. The number of rotatable bonds is 7. The van der Waals surface area contributed by atoms with E-state index in [0.717, 1.165) is 38.6 Å². The third-order valence-corrected chi connectivity index (χ3v) is 4.17. The molecule has 1 heterocycles. The predicted octanol–water partition coefficient (Wildman–Crippen LogP) is 3.04. The molecule has 160 valence electrons. The minimum Gasteiger partial charge on any atom is -0.444 e. The fourth-order valence-electron chi connectivity index (χ4n) is 3.00. The first-order chi connectivity index (χ1) is 12.2. The van der Waals surface area contributed by atoms with Gasteiger partial charge in [-0.2, -0.15) is 0 Å². The number of guanidine groups is 1. The lowest BCUT2D eigenvalue weighted by molar-refractivity contribution is 0.0279. The van der Waals surface area contributed by atoms with Gasteiger partial charge in [0, 0.05) is 52.8 Å². The van der Waals surface area contributed by atoms with Crippen molar-refractivity contribution in [1.82, 2.24) is 15.1 Å². The van der Waals surface area contributed by atoms with Crippen molar-refractivity contribution >= 4 is 36.0 Å². The zero-order valence-corrected chi connectivity index (χ0v) is 20.4. The van der Waals surface area contributed by atoms with E-state index in [2.05, 4.69) is 24.1 Å². The summed E-state index contributed by atoms with van der Waals surface area (Å²) in [7, 11) is 3.53. The molecular formula is C19H39IN4O3. The summed E-state index contributed by atoms with van der Waals surface area (Å²) in [4.78, 5) is 20.8. The van der Waals surface area contributed by atoms with E-state index in [9.17, 15) is 4.79 Å². The Morgan fingerprint density at radius 2 is 2.07 bits per heavy atom. The van der Waals surface area contributed by atoms with Crippen molar-refractivity contribution in [1.29, 1.82) is 0 Å². The number of carbonyl (C=O) groups is 1. The molecule has 1 fully saturated rings. The number of likely N-dealkylation sites (tertiary alicyclic amines) is 1. The van der Waals surface area contributed by atoms with Crippen LogP contribution in [0.4, 0.5) is 4.79 Å². The second-order valence-corrected chi connectivity index (χ2v) is 8.22. The number of methoxy groups -OCH3 is 1. The molecule has 0 spiro atoms. The molecule has 1 aliphatic heterocycles. The van der Waals surface area contributed by atoms with Crippen LogP contribution in [-0.4, -0.2) is 80.9 Å². The number of carbonyl (C=O) groups excluding carboxylic acids is 1. The zero-order chi connectivity index (χ0) is 19.7. The number of ether oxygens (including phenoxy) is 2. The van der Waals surface area contributed by atoms with Crippen LogP contribution in [0.25, 0.3) is 0 Å². The number of aliphatic imine (C=N–C) groups is 1. The number of nitrogens with one attached hydrogen (secondary N) is 1. The maximum absolute atomic E-state index is 12.1. The van der Waals surface area contributed by atoms with Gasteiger partial charge >= 0.3 is 6.09 Å². The molecule has 0 radical (unpaired) electrons. The minimum absolute atomic E-state index is 0. The number of hydrogen-bond acceptors (Lipinski definition) is 4. The highest BCUT2D eigenvalue weighted by atomic mass is 127. The second-order valence-electron chi connectivity index (χ2n) is 8.22. The first-order valence-electron chi connectivity index (χ1n) is 9.62. The third kappa shape index (κ3) is 10.4. The standard InChI is InChI=1S/C19H38N4O3.HI/c1-8-20-17(23-10-9-16(13-23)14-25-7)21-11-15(2)12-22(6)18(24)26-19(3,4)5;/h15-16H,8-14H2,1-7H3,(H,20,21);1H. The summed E-state index contributed by atoms with van der Waals surface area (Å²) in [6.07, 6.45) is 0.844. The van der Waals surface area contributed by atoms with Gasteiger partial charge in [-0.05, 0) is 40.0 Å². The molecule has 27 heavy (non-hydrogen) atoms. The van der Waals surface area contributed by atoms with Gasteiger partial charge in [-0.25, -0.2) is 4.79 Å². The Labute approximate surface area is 182 Å². The molecule has 1 saturated heterocycles. The molecule has 1 aliphatic rings. The van der Waals surface area contributed by atoms with Crippen LogP contribution in [0.5, 0.6) is 0 Å². The molecule has 2 unspecified atom stereocenters. The first kappa shape index (κ1) is 26.2. The Hall–Kier alpha value is -0.770. The lowest BCUT2D eigenvalue weighted by Crippen LogP contribution is -2.41. The van der Waals surface area contributed by atoms with E-state index >= 15 is 0 Å². The van der Waals surface area contributed by atoms with Crippen molar-refractivity contribution in [3.05, 3.63) is 0 Å². The molecular weight excluding hydrogens is 459 g/mol. The van der Waals surface area contributed by atoms with Crippen molar-refractivity contribution in [2.45, 2.75) is 46.6 Å². The quantitative estimate of drug-likeness (QED) is 0.332. The maximum atomic E-state index is 12.1. The monoisotopic (exact) mass is 498 g/mol. The molecule has 2 atom stereocenters. The van der Waals surface area contributed by atoms with Crippen LogP contribution in [0.2, 0.25) is 0 Å². The molecule has 0 aromatic rings. The van der Waals surface area contributed by atoms with Gasteiger partial charge in [0.15, 0.2) is 5.96 Å². The topological polar surface area (TPSA) is 66.4 Å². The van der Waals surface area contributed by atoms with E-state index in [4.69, 9.17) is 14.5 Å². The molecule has 8 heteroatoms. The Kier molecular flexibility index (Phi) is 12.3. The van der Waals surface area contributed by atoms with E-state index in [1.807, 2.05) is 20.8 Å². The van der Waals surface area contributed by atoms with Crippen molar-refractivity contribution < 1.29 is 14.3 Å². The molecule has 1 rings (SSSR count). The number of amides is 1. The van der Waals surface area contributed by atoms with E-state index in [1.165, 1.54) is 0 Å². The number of hydrogen-bond donors (Lipinski definition) is 1. The average molecular weight is 498 g/mol. The lowest BCUT2D eigenvalue weighted by atomic mass is 10.1. The second kappa shape index (κ2) is 12.6. The van der Waals surface area contributed by atoms with Crippen LogP contribution in [0.1, 0.15) is 41.0 Å². The predicted molar refractivity (Wildman–Crippen MR) is 121 cm³/mol. The van der Waals surface area contributed by atoms with Gasteiger partial charge < -0.3 is 24.6 Å². The normalized spacial score (nSPS) is 18.7. The van der Waals surface area contributed by atoms with Crippen molar-refractivity contribution in [2.24, 2.45) is 16.8 Å².